The molecule has 0 saturated carbocycles. The Morgan fingerprint density at radius 2 is 1.62 bits per heavy atom. The van der Waals surface area contributed by atoms with Gasteiger partial charge in [0.2, 0.25) is 5.95 Å². The Balaban J connectivity index is 1.52. The monoisotopic (exact) mass is 451 g/mol. The van der Waals surface area contributed by atoms with Gasteiger partial charge in [-0.2, -0.15) is 0 Å². The highest BCUT2D eigenvalue weighted by Gasteiger charge is 2.20. The number of rotatable bonds is 5. The van der Waals surface area contributed by atoms with E-state index in [4.69, 9.17) is 11.6 Å². The molecule has 0 bridgehead atoms. The van der Waals surface area contributed by atoms with E-state index < -0.39 is 11.9 Å². The molecule has 3 aromatic rings. The van der Waals surface area contributed by atoms with Crippen LogP contribution in [0.5, 0.6) is 0 Å². The number of carbonyl (C=O) groups excluding carboxylic acids is 1. The van der Waals surface area contributed by atoms with Crippen LogP contribution in [-0.4, -0.2) is 53.1 Å². The summed E-state index contributed by atoms with van der Waals surface area (Å²) in [6.07, 6.45) is 4.32. The molecule has 4 rings (SSSR count). The van der Waals surface area contributed by atoms with Crippen molar-refractivity contribution >= 4 is 40.8 Å². The lowest BCUT2D eigenvalue weighted by atomic mass is 10.1. The van der Waals surface area contributed by atoms with Crippen LogP contribution in [0, 0.1) is 0 Å². The zero-order valence-corrected chi connectivity index (χ0v) is 18.0. The second-order valence-electron chi connectivity index (χ2n) is 7.35. The predicted molar refractivity (Wildman–Crippen MR) is 124 cm³/mol. The van der Waals surface area contributed by atoms with Gasteiger partial charge in [-0.1, -0.05) is 23.7 Å². The number of aromatic nitrogens is 2. The van der Waals surface area contributed by atoms with Gasteiger partial charge in [0.15, 0.2) is 0 Å². The smallest absolute Gasteiger partial charge is 0.337 e. The fourth-order valence-electron chi connectivity index (χ4n) is 3.68. The van der Waals surface area contributed by atoms with Crippen molar-refractivity contribution in [1.82, 2.24) is 9.97 Å². The molecule has 2 heterocycles. The summed E-state index contributed by atoms with van der Waals surface area (Å²) in [5.41, 5.74) is 1.31. The minimum Gasteiger partial charge on any atom is -0.478 e. The number of amides is 1. The van der Waals surface area contributed by atoms with E-state index in [9.17, 15) is 14.7 Å². The van der Waals surface area contributed by atoms with Crippen LogP contribution in [0.3, 0.4) is 0 Å². The summed E-state index contributed by atoms with van der Waals surface area (Å²) in [5.74, 6) is -0.882. The molecule has 1 amide bonds. The molecular formula is C23H22ClN5O3. The second kappa shape index (κ2) is 9.65. The van der Waals surface area contributed by atoms with Gasteiger partial charge in [-0.15, -0.1) is 0 Å². The van der Waals surface area contributed by atoms with Gasteiger partial charge in [-0.3, -0.25) is 4.79 Å². The fourth-order valence-corrected chi connectivity index (χ4v) is 3.90. The topological polar surface area (TPSA) is 98.7 Å². The Bertz CT molecular complexity index is 1130. The number of hydrogen-bond acceptors (Lipinski definition) is 6. The number of carboxylic acid groups (broad SMARTS) is 1. The van der Waals surface area contributed by atoms with E-state index in [0.717, 1.165) is 31.7 Å². The SMILES string of the molecule is O=C(Nc1ccc(N2CCCN(c3ncccn3)CC2)cc1C(=O)O)c1ccccc1Cl. The molecule has 2 aromatic carbocycles. The van der Waals surface area contributed by atoms with Crippen molar-refractivity contribution in [1.29, 1.82) is 0 Å². The van der Waals surface area contributed by atoms with Gasteiger partial charge in [-0.05, 0) is 42.8 Å². The van der Waals surface area contributed by atoms with Gasteiger partial charge in [-0.25, -0.2) is 14.8 Å². The van der Waals surface area contributed by atoms with Crippen molar-refractivity contribution < 1.29 is 14.7 Å². The first kappa shape index (κ1) is 21.6. The highest BCUT2D eigenvalue weighted by Crippen LogP contribution is 2.26. The fraction of sp³-hybridized carbons (Fsp3) is 0.217. The van der Waals surface area contributed by atoms with E-state index in [1.54, 1.807) is 54.9 Å². The number of benzene rings is 2. The van der Waals surface area contributed by atoms with Crippen molar-refractivity contribution in [3.63, 3.8) is 0 Å². The van der Waals surface area contributed by atoms with Crippen molar-refractivity contribution in [3.8, 4) is 0 Å². The van der Waals surface area contributed by atoms with Gasteiger partial charge < -0.3 is 20.2 Å². The lowest BCUT2D eigenvalue weighted by Gasteiger charge is -2.24. The van der Waals surface area contributed by atoms with E-state index in [1.165, 1.54) is 0 Å². The maximum atomic E-state index is 12.6. The predicted octanol–water partition coefficient (Wildman–Crippen LogP) is 3.80. The largest absolute Gasteiger partial charge is 0.478 e. The highest BCUT2D eigenvalue weighted by molar-refractivity contribution is 6.34. The van der Waals surface area contributed by atoms with E-state index in [-0.39, 0.29) is 16.8 Å². The average Bonchev–Trinajstić information content (AvgIpc) is 3.06. The number of anilines is 3. The molecular weight excluding hydrogens is 430 g/mol. The number of nitrogens with one attached hydrogen (secondary N) is 1. The molecule has 9 heteroatoms. The maximum Gasteiger partial charge on any atom is 0.337 e. The first-order valence-electron chi connectivity index (χ1n) is 10.2. The Labute approximate surface area is 190 Å². The molecule has 1 aromatic heterocycles. The summed E-state index contributed by atoms with van der Waals surface area (Å²) in [4.78, 5) is 37.4. The van der Waals surface area contributed by atoms with Crippen molar-refractivity contribution in [2.24, 2.45) is 0 Å². The standard InChI is InChI=1S/C23H22ClN5O3/c24-19-6-2-1-5-17(19)21(30)27-20-8-7-16(15-18(20)22(31)32)28-11-4-12-29(14-13-28)23-25-9-3-10-26-23/h1-3,5-10,15H,4,11-14H2,(H,27,30)(H,31,32). The number of hydrogen-bond donors (Lipinski definition) is 2. The number of carbonyl (C=O) groups is 2. The van der Waals surface area contributed by atoms with E-state index in [2.05, 4.69) is 25.1 Å². The number of aromatic carboxylic acids is 1. The van der Waals surface area contributed by atoms with Crippen LogP contribution in [0.15, 0.2) is 60.9 Å². The highest BCUT2D eigenvalue weighted by atomic mass is 35.5. The molecule has 0 unspecified atom stereocenters. The zero-order chi connectivity index (χ0) is 22.5. The summed E-state index contributed by atoms with van der Waals surface area (Å²) in [6, 6.07) is 13.5. The van der Waals surface area contributed by atoms with Crippen LogP contribution in [0.2, 0.25) is 5.02 Å². The van der Waals surface area contributed by atoms with Crippen LogP contribution >= 0.6 is 11.6 Å². The number of halogens is 1. The number of nitrogens with zero attached hydrogens (tertiary/aromatic N) is 4. The quantitative estimate of drug-likeness (QED) is 0.608. The van der Waals surface area contributed by atoms with E-state index in [1.807, 2.05) is 6.07 Å². The number of carboxylic acids is 1. The third-order valence-corrected chi connectivity index (χ3v) is 5.63. The van der Waals surface area contributed by atoms with Gasteiger partial charge >= 0.3 is 5.97 Å². The lowest BCUT2D eigenvalue weighted by molar-refractivity contribution is 0.0698. The zero-order valence-electron chi connectivity index (χ0n) is 17.2. The molecule has 8 nitrogen and oxygen atoms in total. The van der Waals surface area contributed by atoms with Crippen LogP contribution in [-0.2, 0) is 0 Å². The first-order valence-corrected chi connectivity index (χ1v) is 10.6. The molecule has 2 N–H and O–H groups in total. The van der Waals surface area contributed by atoms with Gasteiger partial charge in [0.25, 0.3) is 5.91 Å². The van der Waals surface area contributed by atoms with Gasteiger partial charge in [0.1, 0.15) is 0 Å². The minimum atomic E-state index is -1.12. The Hall–Kier alpha value is -3.65. The van der Waals surface area contributed by atoms with Crippen molar-refractivity contribution in [3.05, 3.63) is 77.1 Å². The summed E-state index contributed by atoms with van der Waals surface area (Å²) in [6.45, 7) is 3.01. The van der Waals surface area contributed by atoms with Crippen LogP contribution in [0.25, 0.3) is 0 Å². The molecule has 0 atom stereocenters. The molecule has 1 saturated heterocycles. The Morgan fingerprint density at radius 3 is 2.38 bits per heavy atom. The van der Waals surface area contributed by atoms with Crippen molar-refractivity contribution in [2.75, 3.05) is 41.3 Å². The van der Waals surface area contributed by atoms with E-state index in [0.29, 0.717) is 17.5 Å². The minimum absolute atomic E-state index is 0.0235. The third-order valence-electron chi connectivity index (χ3n) is 5.30. The summed E-state index contributed by atoms with van der Waals surface area (Å²) >= 11 is 6.09. The summed E-state index contributed by atoms with van der Waals surface area (Å²) < 4.78 is 0. The van der Waals surface area contributed by atoms with Gasteiger partial charge in [0.05, 0.1) is 21.8 Å². The molecule has 1 aliphatic rings. The molecule has 1 aliphatic heterocycles. The molecule has 1 fully saturated rings. The lowest BCUT2D eigenvalue weighted by Crippen LogP contribution is -2.31. The van der Waals surface area contributed by atoms with Crippen molar-refractivity contribution in [2.45, 2.75) is 6.42 Å². The maximum absolute atomic E-state index is 12.6. The van der Waals surface area contributed by atoms with Crippen LogP contribution < -0.4 is 15.1 Å². The van der Waals surface area contributed by atoms with Crippen LogP contribution in [0.4, 0.5) is 17.3 Å². The molecule has 32 heavy (non-hydrogen) atoms. The van der Waals surface area contributed by atoms with Crippen LogP contribution in [0.1, 0.15) is 27.1 Å². The molecule has 0 radical (unpaired) electrons. The average molecular weight is 452 g/mol. The third kappa shape index (κ3) is 4.81. The molecule has 164 valence electrons. The first-order chi connectivity index (χ1) is 15.5. The Morgan fingerprint density at radius 1 is 0.906 bits per heavy atom. The molecule has 0 aliphatic carbocycles. The summed E-state index contributed by atoms with van der Waals surface area (Å²) in [5, 5.41) is 12.7. The van der Waals surface area contributed by atoms with E-state index >= 15 is 0 Å². The second-order valence-corrected chi connectivity index (χ2v) is 7.75. The summed E-state index contributed by atoms with van der Waals surface area (Å²) in [7, 11) is 0. The molecule has 0 spiro atoms. The normalized spacial score (nSPS) is 14.0. The Kier molecular flexibility index (Phi) is 6.51. The van der Waals surface area contributed by atoms with Gasteiger partial charge in [0, 0.05) is 44.3 Å².